The van der Waals surface area contributed by atoms with Crippen molar-refractivity contribution < 1.29 is 13.9 Å². The molecule has 7 heteroatoms. The van der Waals surface area contributed by atoms with E-state index in [1.807, 2.05) is 42.5 Å². The third-order valence-electron chi connectivity index (χ3n) is 4.41. The number of rotatable bonds is 5. The molecule has 3 aromatic rings. The number of thiocarbonyl (C=S) groups is 1. The first-order chi connectivity index (χ1) is 14.5. The fourth-order valence-electron chi connectivity index (χ4n) is 2.94. The van der Waals surface area contributed by atoms with Crippen molar-refractivity contribution >= 4 is 61.9 Å². The Morgan fingerprint density at radius 1 is 1.07 bits per heavy atom. The summed E-state index contributed by atoms with van der Waals surface area (Å²) in [7, 11) is 0. The van der Waals surface area contributed by atoms with Gasteiger partial charge in [0.1, 0.15) is 18.2 Å². The van der Waals surface area contributed by atoms with E-state index in [9.17, 15) is 9.18 Å². The second-order valence-corrected chi connectivity index (χ2v) is 9.01. The minimum atomic E-state index is -0.320. The molecule has 150 valence electrons. The number of amides is 1. The second kappa shape index (κ2) is 9.12. The van der Waals surface area contributed by atoms with Crippen LogP contribution in [0.25, 0.3) is 6.08 Å². The van der Waals surface area contributed by atoms with E-state index in [4.69, 9.17) is 17.0 Å². The van der Waals surface area contributed by atoms with Gasteiger partial charge in [0, 0.05) is 15.6 Å². The predicted octanol–water partition coefficient (Wildman–Crippen LogP) is 6.57. The Kier molecular flexibility index (Phi) is 6.32. The Bertz CT molecular complexity index is 1150. The first-order valence-electron chi connectivity index (χ1n) is 9.02. The number of para-hydroxylation sites is 1. The molecule has 3 aromatic carbocycles. The largest absolute Gasteiger partial charge is 0.488 e. The van der Waals surface area contributed by atoms with Gasteiger partial charge in [-0.2, -0.15) is 0 Å². The number of halogens is 2. The summed E-state index contributed by atoms with van der Waals surface area (Å²) in [6.45, 7) is 0.0835. The van der Waals surface area contributed by atoms with Gasteiger partial charge in [0.2, 0.25) is 0 Å². The van der Waals surface area contributed by atoms with Crippen molar-refractivity contribution in [2.24, 2.45) is 0 Å². The predicted molar refractivity (Wildman–Crippen MR) is 127 cm³/mol. The quantitative estimate of drug-likeness (QED) is 0.293. The average Bonchev–Trinajstić information content (AvgIpc) is 3.02. The Morgan fingerprint density at radius 2 is 1.80 bits per heavy atom. The van der Waals surface area contributed by atoms with Crippen molar-refractivity contribution in [1.82, 2.24) is 0 Å². The van der Waals surface area contributed by atoms with Crippen molar-refractivity contribution in [3.8, 4) is 5.75 Å². The van der Waals surface area contributed by atoms with Crippen LogP contribution >= 0.6 is 39.9 Å². The lowest BCUT2D eigenvalue weighted by atomic mass is 10.1. The minimum absolute atomic E-state index is 0.0835. The molecule has 0 radical (unpaired) electrons. The number of carbonyl (C=O) groups is 1. The molecule has 1 saturated heterocycles. The van der Waals surface area contributed by atoms with E-state index in [2.05, 4.69) is 15.9 Å². The van der Waals surface area contributed by atoms with Crippen molar-refractivity contribution in [3.05, 3.63) is 99.1 Å². The van der Waals surface area contributed by atoms with Crippen LogP contribution in [0.3, 0.4) is 0 Å². The standard InChI is InChI=1S/C23H15BrFNO2S2/c24-17-10-11-20(28-14-15-6-4-5-9-19(15)25)16(12-17)13-21-22(27)26(23(29)30-21)18-7-2-1-3-8-18/h1-13H,14H2/b21-13+. The van der Waals surface area contributed by atoms with Crippen molar-refractivity contribution in [2.45, 2.75) is 6.61 Å². The molecule has 4 rings (SSSR count). The van der Waals surface area contributed by atoms with Gasteiger partial charge in [0.15, 0.2) is 4.32 Å². The highest BCUT2D eigenvalue weighted by Gasteiger charge is 2.33. The molecule has 1 aliphatic rings. The zero-order valence-electron chi connectivity index (χ0n) is 15.5. The van der Waals surface area contributed by atoms with E-state index in [1.165, 1.54) is 22.7 Å². The number of hydrogen-bond acceptors (Lipinski definition) is 4. The van der Waals surface area contributed by atoms with Crippen LogP contribution in [0.1, 0.15) is 11.1 Å². The lowest BCUT2D eigenvalue weighted by Crippen LogP contribution is -2.27. The number of benzene rings is 3. The third-order valence-corrected chi connectivity index (χ3v) is 6.20. The Labute approximate surface area is 191 Å². The molecule has 1 heterocycles. The lowest BCUT2D eigenvalue weighted by Gasteiger charge is -2.14. The van der Waals surface area contributed by atoms with Gasteiger partial charge in [0.25, 0.3) is 5.91 Å². The molecule has 1 fully saturated rings. The summed E-state index contributed by atoms with van der Waals surface area (Å²) in [5.74, 6) is 0.0440. The first kappa shape index (κ1) is 20.8. The van der Waals surface area contributed by atoms with Crippen molar-refractivity contribution in [2.75, 3.05) is 4.90 Å². The minimum Gasteiger partial charge on any atom is -0.488 e. The fourth-order valence-corrected chi connectivity index (χ4v) is 4.61. The Hall–Kier alpha value is -2.48. The van der Waals surface area contributed by atoms with E-state index < -0.39 is 0 Å². The normalized spacial score (nSPS) is 15.1. The van der Waals surface area contributed by atoms with Gasteiger partial charge in [0.05, 0.1) is 10.6 Å². The van der Waals surface area contributed by atoms with Crippen LogP contribution in [0.5, 0.6) is 5.75 Å². The summed E-state index contributed by atoms with van der Waals surface area (Å²) in [5, 5.41) is 0. The van der Waals surface area contributed by atoms with E-state index in [0.29, 0.717) is 26.1 Å². The molecule has 0 aliphatic carbocycles. The smallest absolute Gasteiger partial charge is 0.270 e. The van der Waals surface area contributed by atoms with Crippen LogP contribution in [-0.2, 0) is 11.4 Å². The van der Waals surface area contributed by atoms with Crippen LogP contribution < -0.4 is 9.64 Å². The van der Waals surface area contributed by atoms with Gasteiger partial charge in [-0.25, -0.2) is 4.39 Å². The topological polar surface area (TPSA) is 29.5 Å². The van der Waals surface area contributed by atoms with Gasteiger partial charge in [-0.15, -0.1) is 0 Å². The summed E-state index contributed by atoms with van der Waals surface area (Å²) in [6.07, 6.45) is 1.75. The van der Waals surface area contributed by atoms with Crippen molar-refractivity contribution in [1.29, 1.82) is 0 Å². The molecule has 1 aliphatic heterocycles. The highest BCUT2D eigenvalue weighted by Crippen LogP contribution is 2.37. The number of thioether (sulfide) groups is 1. The molecule has 0 atom stereocenters. The van der Waals surface area contributed by atoms with Crippen LogP contribution in [-0.4, -0.2) is 10.2 Å². The van der Waals surface area contributed by atoms with E-state index >= 15 is 0 Å². The highest BCUT2D eigenvalue weighted by atomic mass is 79.9. The maximum absolute atomic E-state index is 13.9. The number of anilines is 1. The van der Waals surface area contributed by atoms with Gasteiger partial charge in [-0.3, -0.25) is 9.69 Å². The number of carbonyl (C=O) groups excluding carboxylic acids is 1. The Balaban J connectivity index is 1.62. The lowest BCUT2D eigenvalue weighted by molar-refractivity contribution is -0.113. The molecule has 0 N–H and O–H groups in total. The van der Waals surface area contributed by atoms with Crippen LogP contribution in [0, 0.1) is 5.82 Å². The van der Waals surface area contributed by atoms with E-state index in [0.717, 1.165) is 10.2 Å². The fraction of sp³-hybridized carbons (Fsp3) is 0.0435. The average molecular weight is 500 g/mol. The zero-order valence-corrected chi connectivity index (χ0v) is 18.8. The highest BCUT2D eigenvalue weighted by molar-refractivity contribution is 9.10. The maximum Gasteiger partial charge on any atom is 0.270 e. The van der Waals surface area contributed by atoms with E-state index in [-0.39, 0.29) is 18.3 Å². The van der Waals surface area contributed by atoms with Gasteiger partial charge < -0.3 is 4.74 Å². The summed E-state index contributed by atoms with van der Waals surface area (Å²) in [6, 6.07) is 21.3. The third kappa shape index (κ3) is 4.48. The maximum atomic E-state index is 13.9. The first-order valence-corrected chi connectivity index (χ1v) is 11.0. The molecule has 30 heavy (non-hydrogen) atoms. The summed E-state index contributed by atoms with van der Waals surface area (Å²) in [4.78, 5) is 15.0. The molecule has 0 spiro atoms. The molecule has 0 unspecified atom stereocenters. The molecular weight excluding hydrogens is 485 g/mol. The Morgan fingerprint density at radius 3 is 2.57 bits per heavy atom. The molecule has 0 aromatic heterocycles. The molecule has 0 bridgehead atoms. The molecule has 1 amide bonds. The SMILES string of the molecule is O=C1/C(=C\c2cc(Br)ccc2OCc2ccccc2F)SC(=S)N1c1ccccc1. The van der Waals surface area contributed by atoms with E-state index in [1.54, 1.807) is 30.3 Å². The second-order valence-electron chi connectivity index (χ2n) is 6.41. The molecule has 3 nitrogen and oxygen atoms in total. The number of ether oxygens (including phenoxy) is 1. The molecular formula is C23H15BrFNO2S2. The number of hydrogen-bond donors (Lipinski definition) is 0. The van der Waals surface area contributed by atoms with Crippen LogP contribution in [0.2, 0.25) is 0 Å². The monoisotopic (exact) mass is 499 g/mol. The molecule has 0 saturated carbocycles. The van der Waals surface area contributed by atoms with Crippen molar-refractivity contribution in [3.63, 3.8) is 0 Å². The summed E-state index contributed by atoms with van der Waals surface area (Å²) >= 11 is 10.1. The van der Waals surface area contributed by atoms with Gasteiger partial charge >= 0.3 is 0 Å². The van der Waals surface area contributed by atoms with Gasteiger partial charge in [-0.05, 0) is 42.5 Å². The van der Waals surface area contributed by atoms with Crippen LogP contribution in [0.15, 0.2) is 82.2 Å². The van der Waals surface area contributed by atoms with Gasteiger partial charge in [-0.1, -0.05) is 76.3 Å². The van der Waals surface area contributed by atoms with Crippen LogP contribution in [0.4, 0.5) is 10.1 Å². The number of nitrogens with zero attached hydrogens (tertiary/aromatic N) is 1. The zero-order chi connectivity index (χ0) is 21.1. The summed E-state index contributed by atoms with van der Waals surface area (Å²) in [5.41, 5.74) is 1.89. The summed E-state index contributed by atoms with van der Waals surface area (Å²) < 4.78 is 21.1.